The lowest BCUT2D eigenvalue weighted by atomic mass is 10.1. The van der Waals surface area contributed by atoms with Crippen LogP contribution < -0.4 is 11.2 Å². The van der Waals surface area contributed by atoms with Gasteiger partial charge in [-0.2, -0.15) is 13.2 Å². The second-order valence-electron chi connectivity index (χ2n) is 4.75. The number of aromatic amines is 1. The number of nitrogens with one attached hydrogen (secondary N) is 1. The third-order valence-electron chi connectivity index (χ3n) is 3.33. The maximum Gasteiger partial charge on any atom is 0.417 e. The van der Waals surface area contributed by atoms with E-state index in [9.17, 15) is 22.8 Å². The van der Waals surface area contributed by atoms with E-state index in [2.05, 4.69) is 4.98 Å². The predicted molar refractivity (Wildman–Crippen MR) is 80.2 cm³/mol. The molecule has 0 spiro atoms. The van der Waals surface area contributed by atoms with E-state index >= 15 is 0 Å². The third kappa shape index (κ3) is 2.53. The van der Waals surface area contributed by atoms with Crippen molar-refractivity contribution in [3.63, 3.8) is 0 Å². The summed E-state index contributed by atoms with van der Waals surface area (Å²) in [4.78, 5) is 26.1. The van der Waals surface area contributed by atoms with Gasteiger partial charge >= 0.3 is 11.9 Å². The molecule has 0 aliphatic carbocycles. The first-order chi connectivity index (χ1) is 10.8. The number of nitrogens with zero attached hydrogens (tertiary/aromatic N) is 1. The van der Waals surface area contributed by atoms with Crippen LogP contribution in [0.3, 0.4) is 0 Å². The predicted octanol–water partition coefficient (Wildman–Crippen LogP) is 3.35. The number of hydrogen-bond acceptors (Lipinski definition) is 2. The van der Waals surface area contributed by atoms with E-state index in [1.165, 1.54) is 12.1 Å². The van der Waals surface area contributed by atoms with Crippen LogP contribution in [-0.4, -0.2) is 9.55 Å². The molecule has 1 heterocycles. The number of hydrogen-bond donors (Lipinski definition) is 1. The average Bonchev–Trinajstić information content (AvgIpc) is 2.48. The van der Waals surface area contributed by atoms with Crippen molar-refractivity contribution in [2.24, 2.45) is 0 Å². The fourth-order valence-electron chi connectivity index (χ4n) is 2.33. The van der Waals surface area contributed by atoms with Crippen LogP contribution in [0.4, 0.5) is 13.2 Å². The Morgan fingerprint density at radius 2 is 1.65 bits per heavy atom. The van der Waals surface area contributed by atoms with Gasteiger partial charge in [0.25, 0.3) is 5.56 Å². The molecule has 3 aromatic rings. The molecule has 0 bridgehead atoms. The van der Waals surface area contributed by atoms with Crippen molar-refractivity contribution in [1.82, 2.24) is 9.55 Å². The van der Waals surface area contributed by atoms with Gasteiger partial charge in [0.15, 0.2) is 0 Å². The molecule has 23 heavy (non-hydrogen) atoms. The lowest BCUT2D eigenvalue weighted by molar-refractivity contribution is -0.137. The Hall–Kier alpha value is -2.54. The number of H-pyrrole nitrogens is 1. The third-order valence-corrected chi connectivity index (χ3v) is 3.71. The Balaban J connectivity index is 2.54. The van der Waals surface area contributed by atoms with Crippen LogP contribution in [0.15, 0.2) is 52.1 Å². The molecule has 0 amide bonds. The monoisotopic (exact) mass is 340 g/mol. The zero-order valence-electron chi connectivity index (χ0n) is 11.3. The van der Waals surface area contributed by atoms with Gasteiger partial charge in [-0.1, -0.05) is 29.8 Å². The quantitative estimate of drug-likeness (QED) is 0.738. The Labute approximate surface area is 131 Å². The Bertz CT molecular complexity index is 1010. The normalized spacial score (nSPS) is 11.8. The summed E-state index contributed by atoms with van der Waals surface area (Å²) in [7, 11) is 0. The second-order valence-corrected chi connectivity index (χ2v) is 5.13. The van der Waals surface area contributed by atoms with Crippen LogP contribution in [0.25, 0.3) is 16.6 Å². The summed E-state index contributed by atoms with van der Waals surface area (Å²) < 4.78 is 40.1. The summed E-state index contributed by atoms with van der Waals surface area (Å²) in [6, 6.07) is 9.68. The molecule has 0 saturated heterocycles. The highest BCUT2D eigenvalue weighted by molar-refractivity contribution is 6.36. The smallest absolute Gasteiger partial charge is 0.273 e. The summed E-state index contributed by atoms with van der Waals surface area (Å²) in [6.07, 6.45) is -4.70. The molecule has 0 unspecified atom stereocenters. The molecular weight excluding hydrogens is 333 g/mol. The fraction of sp³-hybridized carbons (Fsp3) is 0.0667. The number of aromatic nitrogens is 2. The maximum atomic E-state index is 13.1. The Kier molecular flexibility index (Phi) is 3.52. The lowest BCUT2D eigenvalue weighted by Crippen LogP contribution is -2.29. The summed E-state index contributed by atoms with van der Waals surface area (Å²) in [5.74, 6) is 0. The molecule has 3 rings (SSSR count). The van der Waals surface area contributed by atoms with Crippen molar-refractivity contribution >= 4 is 22.5 Å². The SMILES string of the molecule is O=c1[nH]c(=O)n(-c2ccccc2)c2c(Cl)c(C(F)(F)F)ccc12. The standard InChI is InChI=1S/C15H8ClF3N2O2/c16-11-10(15(17,18)19)7-6-9-12(11)21(14(23)20-13(9)22)8-4-2-1-3-5-8/h1-7H,(H,20,22,23). The molecule has 0 atom stereocenters. The fourth-order valence-corrected chi connectivity index (χ4v) is 2.69. The molecule has 2 aromatic carbocycles. The number of rotatable bonds is 1. The minimum absolute atomic E-state index is 0.105. The molecular formula is C15H8ClF3N2O2. The molecule has 118 valence electrons. The minimum Gasteiger partial charge on any atom is -0.273 e. The van der Waals surface area contributed by atoms with Gasteiger partial charge in [0.2, 0.25) is 0 Å². The zero-order chi connectivity index (χ0) is 16.8. The van der Waals surface area contributed by atoms with Crippen molar-refractivity contribution in [3.8, 4) is 5.69 Å². The molecule has 0 aliphatic heterocycles. The highest BCUT2D eigenvalue weighted by Gasteiger charge is 2.34. The van der Waals surface area contributed by atoms with Crippen molar-refractivity contribution in [3.05, 3.63) is 73.9 Å². The van der Waals surface area contributed by atoms with E-state index in [-0.39, 0.29) is 10.9 Å². The van der Waals surface area contributed by atoms with Crippen molar-refractivity contribution < 1.29 is 13.2 Å². The topological polar surface area (TPSA) is 54.9 Å². The largest absolute Gasteiger partial charge is 0.417 e. The van der Waals surface area contributed by atoms with E-state index in [0.29, 0.717) is 5.69 Å². The van der Waals surface area contributed by atoms with Gasteiger partial charge in [-0.05, 0) is 24.3 Å². The van der Waals surface area contributed by atoms with E-state index in [4.69, 9.17) is 11.6 Å². The van der Waals surface area contributed by atoms with Gasteiger partial charge in [-0.25, -0.2) is 4.79 Å². The van der Waals surface area contributed by atoms with Crippen molar-refractivity contribution in [1.29, 1.82) is 0 Å². The van der Waals surface area contributed by atoms with Crippen molar-refractivity contribution in [2.75, 3.05) is 0 Å². The van der Waals surface area contributed by atoms with E-state index in [1.807, 2.05) is 0 Å². The molecule has 4 nitrogen and oxygen atoms in total. The van der Waals surface area contributed by atoms with Gasteiger partial charge in [0.05, 0.1) is 27.2 Å². The molecule has 1 aromatic heterocycles. The Morgan fingerprint density at radius 1 is 1.00 bits per heavy atom. The van der Waals surface area contributed by atoms with Gasteiger partial charge in [-0.3, -0.25) is 14.3 Å². The number of fused-ring (bicyclic) bond motifs is 1. The summed E-state index contributed by atoms with van der Waals surface area (Å²) in [6.45, 7) is 0. The van der Waals surface area contributed by atoms with Gasteiger partial charge < -0.3 is 0 Å². The summed E-state index contributed by atoms with van der Waals surface area (Å²) in [5.41, 5.74) is -2.76. The number of benzene rings is 2. The number of halogens is 4. The van der Waals surface area contributed by atoms with Crippen LogP contribution in [0, 0.1) is 0 Å². The zero-order valence-corrected chi connectivity index (χ0v) is 12.1. The van der Waals surface area contributed by atoms with Gasteiger partial charge in [0.1, 0.15) is 0 Å². The Morgan fingerprint density at radius 3 is 2.26 bits per heavy atom. The lowest BCUT2D eigenvalue weighted by Gasteiger charge is -2.14. The van der Waals surface area contributed by atoms with Crippen LogP contribution in [0.2, 0.25) is 5.02 Å². The number of alkyl halides is 3. The first-order valence-corrected chi connectivity index (χ1v) is 6.78. The maximum absolute atomic E-state index is 13.1. The van der Waals surface area contributed by atoms with Crippen LogP contribution in [-0.2, 0) is 6.18 Å². The molecule has 0 saturated carbocycles. The van der Waals surface area contributed by atoms with Crippen LogP contribution in [0.1, 0.15) is 5.56 Å². The molecule has 0 fully saturated rings. The molecule has 0 radical (unpaired) electrons. The van der Waals surface area contributed by atoms with Gasteiger partial charge in [-0.15, -0.1) is 0 Å². The number of para-hydroxylation sites is 1. The van der Waals surface area contributed by atoms with Gasteiger partial charge in [0, 0.05) is 0 Å². The minimum atomic E-state index is -4.70. The molecule has 8 heteroatoms. The first kappa shape index (κ1) is 15.4. The van der Waals surface area contributed by atoms with E-state index < -0.39 is 28.0 Å². The summed E-state index contributed by atoms with van der Waals surface area (Å²) >= 11 is 5.89. The second kappa shape index (κ2) is 5.27. The summed E-state index contributed by atoms with van der Waals surface area (Å²) in [5, 5.41) is -0.798. The van der Waals surface area contributed by atoms with E-state index in [1.54, 1.807) is 18.2 Å². The highest BCUT2D eigenvalue weighted by atomic mass is 35.5. The first-order valence-electron chi connectivity index (χ1n) is 6.41. The highest BCUT2D eigenvalue weighted by Crippen LogP contribution is 2.37. The molecule has 1 N–H and O–H groups in total. The average molecular weight is 341 g/mol. The van der Waals surface area contributed by atoms with Crippen LogP contribution in [0.5, 0.6) is 0 Å². The van der Waals surface area contributed by atoms with E-state index in [0.717, 1.165) is 16.7 Å². The van der Waals surface area contributed by atoms with Crippen LogP contribution >= 0.6 is 11.6 Å². The van der Waals surface area contributed by atoms with Crippen molar-refractivity contribution in [2.45, 2.75) is 6.18 Å². The molecule has 0 aliphatic rings.